The van der Waals surface area contributed by atoms with Crippen LogP contribution in [0.2, 0.25) is 0 Å². The van der Waals surface area contributed by atoms with Gasteiger partial charge in [-0.1, -0.05) is 73.4 Å². The first-order valence-electron chi connectivity index (χ1n) is 12.1. The summed E-state index contributed by atoms with van der Waals surface area (Å²) in [5, 5.41) is 0. The molecule has 186 valence electrons. The van der Waals surface area contributed by atoms with Crippen LogP contribution in [0.5, 0.6) is 0 Å². The van der Waals surface area contributed by atoms with Crippen LogP contribution in [-0.2, 0) is 21.4 Å². The van der Waals surface area contributed by atoms with E-state index in [9.17, 15) is 18.0 Å². The highest BCUT2D eigenvalue weighted by atomic mass is 32.2. The van der Waals surface area contributed by atoms with Gasteiger partial charge in [0, 0.05) is 0 Å². The van der Waals surface area contributed by atoms with Crippen molar-refractivity contribution in [2.75, 3.05) is 0 Å². The molecule has 0 spiro atoms. The van der Waals surface area contributed by atoms with Crippen LogP contribution in [0.1, 0.15) is 49.7 Å². The lowest BCUT2D eigenvalue weighted by Gasteiger charge is -2.46. The number of carbonyl (C=O) groups excluding carboxylic acids is 2. The summed E-state index contributed by atoms with van der Waals surface area (Å²) in [7, 11) is -4.21. The van der Waals surface area contributed by atoms with Crippen molar-refractivity contribution in [3.05, 3.63) is 78.4 Å². The van der Waals surface area contributed by atoms with Gasteiger partial charge < -0.3 is 4.74 Å². The molecule has 8 heteroatoms. The van der Waals surface area contributed by atoms with Gasteiger partial charge >= 0.3 is 12.1 Å². The molecule has 0 unspecified atom stereocenters. The molecule has 2 fully saturated rings. The van der Waals surface area contributed by atoms with Crippen LogP contribution in [0.15, 0.2) is 72.1 Å². The first kappa shape index (κ1) is 25.0. The maximum absolute atomic E-state index is 13.8. The molecule has 1 heterocycles. The van der Waals surface area contributed by atoms with E-state index in [1.54, 1.807) is 12.1 Å². The molecular weight excluding hydrogens is 464 g/mol. The molecule has 0 radical (unpaired) electrons. The van der Waals surface area contributed by atoms with Crippen molar-refractivity contribution in [2.24, 2.45) is 5.92 Å². The highest BCUT2D eigenvalue weighted by molar-refractivity contribution is 7.89. The summed E-state index contributed by atoms with van der Waals surface area (Å²) < 4.78 is 33.5. The summed E-state index contributed by atoms with van der Waals surface area (Å²) in [4.78, 5) is 28.2. The fourth-order valence-corrected chi connectivity index (χ4v) is 6.59. The van der Waals surface area contributed by atoms with Gasteiger partial charge in [-0.2, -0.15) is 0 Å². The number of rotatable bonds is 6. The second-order valence-electron chi connectivity index (χ2n) is 9.31. The lowest BCUT2D eigenvalue weighted by molar-refractivity contribution is 0.0476. The molecule has 0 bridgehead atoms. The highest BCUT2D eigenvalue weighted by Gasteiger charge is 2.50. The van der Waals surface area contributed by atoms with Crippen LogP contribution >= 0.6 is 0 Å². The molecular formula is C27H32N2O5S. The van der Waals surface area contributed by atoms with Crippen molar-refractivity contribution in [3.63, 3.8) is 0 Å². The van der Waals surface area contributed by atoms with Crippen molar-refractivity contribution in [2.45, 2.75) is 69.0 Å². The number of carbonyl (C=O) groups is 2. The van der Waals surface area contributed by atoms with Crippen LogP contribution in [0.25, 0.3) is 0 Å². The molecule has 1 saturated heterocycles. The van der Waals surface area contributed by atoms with Gasteiger partial charge in [-0.3, -0.25) is 0 Å². The van der Waals surface area contributed by atoms with E-state index in [4.69, 9.17) is 4.74 Å². The Morgan fingerprint density at radius 2 is 1.71 bits per heavy atom. The van der Waals surface area contributed by atoms with E-state index in [-0.39, 0.29) is 17.4 Å². The number of hydrogen-bond acceptors (Lipinski definition) is 5. The second kappa shape index (κ2) is 10.6. The van der Waals surface area contributed by atoms with Crippen molar-refractivity contribution in [1.82, 2.24) is 9.21 Å². The third-order valence-electron chi connectivity index (χ3n) is 6.96. The topological polar surface area (TPSA) is 84.0 Å². The Kier molecular flexibility index (Phi) is 7.60. The van der Waals surface area contributed by atoms with Gasteiger partial charge in [0.05, 0.1) is 17.0 Å². The van der Waals surface area contributed by atoms with Crippen molar-refractivity contribution >= 4 is 22.1 Å². The van der Waals surface area contributed by atoms with Crippen LogP contribution in [0.3, 0.4) is 0 Å². The van der Waals surface area contributed by atoms with Gasteiger partial charge in [-0.15, -0.1) is 6.58 Å². The van der Waals surface area contributed by atoms with Crippen molar-refractivity contribution < 1.29 is 22.7 Å². The van der Waals surface area contributed by atoms with E-state index in [0.717, 1.165) is 52.4 Å². The summed E-state index contributed by atoms with van der Waals surface area (Å²) in [6, 6.07) is 13.4. The molecule has 2 aromatic rings. The number of hydrogen-bond donors (Lipinski definition) is 0. The number of aryl methyl sites for hydroxylation is 1. The summed E-state index contributed by atoms with van der Waals surface area (Å²) in [6.07, 6.45) is 5.90. The molecule has 1 saturated carbocycles. The number of nitrogens with zero attached hydrogens (tertiary/aromatic N) is 2. The number of sulfonamides is 1. The summed E-state index contributed by atoms with van der Waals surface area (Å²) in [6.45, 7) is 5.67. The fourth-order valence-electron chi connectivity index (χ4n) is 5.06. The third kappa shape index (κ3) is 5.27. The minimum atomic E-state index is -4.21. The molecule has 35 heavy (non-hydrogen) atoms. The minimum Gasteiger partial charge on any atom is -0.444 e. The fraction of sp³-hybridized carbons (Fsp3) is 0.407. The average Bonchev–Trinajstić information content (AvgIpc) is 2.87. The Balaban J connectivity index is 1.67. The second-order valence-corrected chi connectivity index (χ2v) is 11.1. The number of benzene rings is 2. The molecule has 1 aliphatic heterocycles. The van der Waals surface area contributed by atoms with E-state index in [2.05, 4.69) is 6.58 Å². The number of imide groups is 1. The molecule has 2 aromatic carbocycles. The van der Waals surface area contributed by atoms with E-state index >= 15 is 0 Å². The first-order chi connectivity index (χ1) is 16.8. The smallest absolute Gasteiger partial charge is 0.418 e. The summed E-state index contributed by atoms with van der Waals surface area (Å²) >= 11 is 0. The zero-order chi connectivity index (χ0) is 25.0. The lowest BCUT2D eigenvalue weighted by Crippen LogP contribution is -2.63. The molecule has 0 N–H and O–H groups in total. The normalized spacial score (nSPS) is 21.6. The quantitative estimate of drug-likeness (QED) is 0.483. The molecule has 0 aromatic heterocycles. The number of urea groups is 1. The Morgan fingerprint density at radius 3 is 2.34 bits per heavy atom. The van der Waals surface area contributed by atoms with Gasteiger partial charge in [0.2, 0.25) is 0 Å². The average molecular weight is 497 g/mol. The molecule has 1 aliphatic carbocycles. The number of amides is 3. The predicted octanol–water partition coefficient (Wildman–Crippen LogP) is 5.65. The number of ether oxygens (including phenoxy) is 1. The van der Waals surface area contributed by atoms with Gasteiger partial charge in [0.1, 0.15) is 6.61 Å². The zero-order valence-electron chi connectivity index (χ0n) is 20.0. The molecule has 4 rings (SSSR count). The largest absolute Gasteiger partial charge is 0.444 e. The lowest BCUT2D eigenvalue weighted by atomic mass is 9.80. The Morgan fingerprint density at radius 1 is 1.06 bits per heavy atom. The molecule has 7 nitrogen and oxygen atoms in total. The van der Waals surface area contributed by atoms with Gasteiger partial charge in [0.25, 0.3) is 10.0 Å². The van der Waals surface area contributed by atoms with Gasteiger partial charge in [-0.25, -0.2) is 27.2 Å². The molecule has 2 aliphatic rings. The highest BCUT2D eigenvalue weighted by Crippen LogP contribution is 2.38. The van der Waals surface area contributed by atoms with Crippen LogP contribution in [-0.4, -0.2) is 41.8 Å². The van der Waals surface area contributed by atoms with E-state index < -0.39 is 34.2 Å². The molecule has 3 amide bonds. The maximum atomic E-state index is 13.8. The summed E-state index contributed by atoms with van der Waals surface area (Å²) in [5.74, 6) is 0.101. The Hall–Kier alpha value is -3.13. The van der Waals surface area contributed by atoms with E-state index in [1.807, 2.05) is 37.3 Å². The predicted molar refractivity (Wildman–Crippen MR) is 133 cm³/mol. The third-order valence-corrected chi connectivity index (χ3v) is 8.77. The van der Waals surface area contributed by atoms with Crippen molar-refractivity contribution in [3.8, 4) is 0 Å². The van der Waals surface area contributed by atoms with Crippen LogP contribution < -0.4 is 0 Å². The standard InChI is InChI=1S/C27H32N2O5S/c1-3-23-18-25(22-12-8-5-9-13-22)28(27(31)34-19-21-10-6-4-7-11-21)26(30)29(23)35(32,33)24-16-14-20(2)15-17-24/h3-4,6-7,10-11,14-17,22-23,25H,1,5,8-9,12-13,18-19H2,2H3/t23-,25-/m0/s1. The van der Waals surface area contributed by atoms with Crippen molar-refractivity contribution in [1.29, 1.82) is 0 Å². The first-order valence-corrected chi connectivity index (χ1v) is 13.5. The van der Waals surface area contributed by atoms with E-state index in [0.29, 0.717) is 6.42 Å². The summed E-state index contributed by atoms with van der Waals surface area (Å²) in [5.41, 5.74) is 1.69. The van der Waals surface area contributed by atoms with E-state index in [1.165, 1.54) is 18.2 Å². The van der Waals surface area contributed by atoms with Crippen LogP contribution in [0.4, 0.5) is 9.59 Å². The van der Waals surface area contributed by atoms with Gasteiger partial charge in [0.15, 0.2) is 0 Å². The molecule has 2 atom stereocenters. The zero-order valence-corrected chi connectivity index (χ0v) is 20.8. The van der Waals surface area contributed by atoms with Crippen LogP contribution in [0, 0.1) is 12.8 Å². The monoisotopic (exact) mass is 496 g/mol. The van der Waals surface area contributed by atoms with Gasteiger partial charge in [-0.05, 0) is 49.8 Å². The Labute approximate surface area is 207 Å². The SMILES string of the molecule is C=C[C@H]1C[C@@H](C2CCCCC2)N(C(=O)OCc2ccccc2)C(=O)N1S(=O)(=O)c1ccc(C)cc1. The minimum absolute atomic E-state index is 0.00276. The maximum Gasteiger partial charge on any atom is 0.418 e. The Bertz CT molecular complexity index is 1160.